The van der Waals surface area contributed by atoms with Gasteiger partial charge in [0, 0.05) is 10.6 Å². The fourth-order valence-electron chi connectivity index (χ4n) is 3.47. The molecule has 1 N–H and O–H groups in total. The van der Waals surface area contributed by atoms with Crippen LogP contribution in [0, 0.1) is 13.8 Å². The first kappa shape index (κ1) is 23.3. The van der Waals surface area contributed by atoms with Gasteiger partial charge in [-0.25, -0.2) is 9.78 Å². The van der Waals surface area contributed by atoms with E-state index in [1.165, 1.54) is 0 Å². The zero-order valence-electron chi connectivity index (χ0n) is 18.9. The quantitative estimate of drug-likeness (QED) is 0.302. The number of halogens is 1. The van der Waals surface area contributed by atoms with Gasteiger partial charge in [0.05, 0.1) is 17.0 Å². The molecule has 0 saturated heterocycles. The first-order valence-corrected chi connectivity index (χ1v) is 11.2. The highest BCUT2D eigenvalue weighted by Gasteiger charge is 2.16. The molecule has 6 heteroatoms. The number of ether oxygens (including phenoxy) is 2. The van der Waals surface area contributed by atoms with E-state index >= 15 is 0 Å². The third-order valence-electron chi connectivity index (χ3n) is 5.52. The molecule has 5 nitrogen and oxygen atoms in total. The van der Waals surface area contributed by atoms with Crippen molar-refractivity contribution < 1.29 is 19.4 Å². The molecule has 0 bridgehead atoms. The molecule has 0 aliphatic heterocycles. The van der Waals surface area contributed by atoms with Crippen LogP contribution in [0.5, 0.6) is 11.5 Å². The lowest BCUT2D eigenvalue weighted by Crippen LogP contribution is -2.09. The molecule has 1 aromatic heterocycles. The van der Waals surface area contributed by atoms with Crippen LogP contribution in [-0.2, 0) is 13.2 Å². The summed E-state index contributed by atoms with van der Waals surface area (Å²) in [7, 11) is 0. The highest BCUT2D eigenvalue weighted by molar-refractivity contribution is 6.30. The van der Waals surface area contributed by atoms with Gasteiger partial charge < -0.3 is 14.6 Å². The number of carboxylic acids is 1. The second-order valence-electron chi connectivity index (χ2n) is 7.95. The van der Waals surface area contributed by atoms with Crippen LogP contribution in [0.2, 0.25) is 5.02 Å². The van der Waals surface area contributed by atoms with Crippen LogP contribution in [0.15, 0.2) is 78.9 Å². The Morgan fingerprint density at radius 3 is 2.41 bits per heavy atom. The lowest BCUT2D eigenvalue weighted by atomic mass is 10.1. The van der Waals surface area contributed by atoms with E-state index in [2.05, 4.69) is 4.98 Å². The highest BCUT2D eigenvalue weighted by Crippen LogP contribution is 2.33. The van der Waals surface area contributed by atoms with Gasteiger partial charge >= 0.3 is 5.97 Å². The van der Waals surface area contributed by atoms with Crippen LogP contribution >= 0.6 is 11.6 Å². The summed E-state index contributed by atoms with van der Waals surface area (Å²) in [6.07, 6.45) is 0. The van der Waals surface area contributed by atoms with Crippen molar-refractivity contribution in [1.29, 1.82) is 0 Å². The SMILES string of the molecule is Cc1ccc(OCc2nc(-c3ccc(Cl)cc3OCc3ccccc3)ccc2C(=O)O)cc1C. The summed E-state index contributed by atoms with van der Waals surface area (Å²) in [5.41, 5.74) is 4.97. The van der Waals surface area contributed by atoms with Gasteiger partial charge in [0.15, 0.2) is 0 Å². The van der Waals surface area contributed by atoms with E-state index in [0.29, 0.717) is 40.1 Å². The summed E-state index contributed by atoms with van der Waals surface area (Å²) in [5, 5.41) is 10.2. The van der Waals surface area contributed by atoms with E-state index in [0.717, 1.165) is 16.7 Å². The molecule has 3 aromatic carbocycles. The van der Waals surface area contributed by atoms with Crippen LogP contribution in [0.4, 0.5) is 0 Å². The molecule has 0 unspecified atom stereocenters. The monoisotopic (exact) mass is 473 g/mol. The molecule has 0 aliphatic rings. The van der Waals surface area contributed by atoms with Crippen LogP contribution in [-0.4, -0.2) is 16.1 Å². The fourth-order valence-corrected chi connectivity index (χ4v) is 3.64. The minimum atomic E-state index is -1.06. The Bertz CT molecular complexity index is 1320. The number of carbonyl (C=O) groups is 1. The Labute approximate surface area is 203 Å². The van der Waals surface area contributed by atoms with Gasteiger partial charge in [0.2, 0.25) is 0 Å². The zero-order valence-corrected chi connectivity index (χ0v) is 19.7. The standard InChI is InChI=1S/C28H24ClNO4/c1-18-8-10-22(14-19(18)2)33-17-26-24(28(31)32)12-13-25(30-26)23-11-9-21(29)15-27(23)34-16-20-6-4-3-5-7-20/h3-15H,16-17H2,1-2H3,(H,31,32). The molecule has 0 aliphatic carbocycles. The number of carboxylic acid groups (broad SMARTS) is 1. The van der Waals surface area contributed by atoms with E-state index in [9.17, 15) is 9.90 Å². The van der Waals surface area contributed by atoms with Crippen molar-refractivity contribution in [1.82, 2.24) is 4.98 Å². The molecule has 4 aromatic rings. The molecule has 0 fully saturated rings. The Kier molecular flexibility index (Phi) is 7.14. The van der Waals surface area contributed by atoms with Crippen molar-refractivity contribution in [2.45, 2.75) is 27.1 Å². The minimum Gasteiger partial charge on any atom is -0.488 e. The van der Waals surface area contributed by atoms with Crippen molar-refractivity contribution in [3.05, 3.63) is 112 Å². The lowest BCUT2D eigenvalue weighted by Gasteiger charge is -2.14. The highest BCUT2D eigenvalue weighted by atomic mass is 35.5. The summed E-state index contributed by atoms with van der Waals surface area (Å²) in [6.45, 7) is 4.41. The average molecular weight is 474 g/mol. The van der Waals surface area contributed by atoms with Gasteiger partial charge in [-0.1, -0.05) is 48.0 Å². The molecule has 1 heterocycles. The first-order valence-electron chi connectivity index (χ1n) is 10.8. The van der Waals surface area contributed by atoms with Gasteiger partial charge in [-0.3, -0.25) is 0 Å². The van der Waals surface area contributed by atoms with Crippen molar-refractivity contribution >= 4 is 17.6 Å². The van der Waals surface area contributed by atoms with Crippen molar-refractivity contribution in [3.8, 4) is 22.8 Å². The van der Waals surface area contributed by atoms with Crippen LogP contribution in [0.25, 0.3) is 11.3 Å². The van der Waals surface area contributed by atoms with Gasteiger partial charge in [-0.2, -0.15) is 0 Å². The number of hydrogen-bond donors (Lipinski definition) is 1. The summed E-state index contributed by atoms with van der Waals surface area (Å²) >= 11 is 6.23. The van der Waals surface area contributed by atoms with Gasteiger partial charge in [-0.15, -0.1) is 0 Å². The second kappa shape index (κ2) is 10.4. The second-order valence-corrected chi connectivity index (χ2v) is 8.38. The molecule has 172 valence electrons. The minimum absolute atomic E-state index is 0.0196. The molecule has 0 saturated carbocycles. The summed E-state index contributed by atoms with van der Waals surface area (Å²) in [6, 6.07) is 24.1. The molecule has 0 spiro atoms. The van der Waals surface area contributed by atoms with Crippen LogP contribution in [0.3, 0.4) is 0 Å². The summed E-state index contributed by atoms with van der Waals surface area (Å²) in [4.78, 5) is 16.4. The predicted molar refractivity (Wildman–Crippen MR) is 133 cm³/mol. The van der Waals surface area contributed by atoms with Crippen molar-refractivity contribution in [2.24, 2.45) is 0 Å². The summed E-state index contributed by atoms with van der Waals surface area (Å²) in [5.74, 6) is 0.160. The van der Waals surface area contributed by atoms with Gasteiger partial charge in [-0.05, 0) is 73.0 Å². The number of aryl methyl sites for hydroxylation is 2. The smallest absolute Gasteiger partial charge is 0.337 e. The molecule has 0 radical (unpaired) electrons. The third kappa shape index (κ3) is 5.56. The van der Waals surface area contributed by atoms with Crippen LogP contribution in [0.1, 0.15) is 32.7 Å². The Balaban J connectivity index is 1.64. The van der Waals surface area contributed by atoms with Crippen molar-refractivity contribution in [3.63, 3.8) is 0 Å². The normalized spacial score (nSPS) is 10.7. The maximum Gasteiger partial charge on any atom is 0.337 e. The lowest BCUT2D eigenvalue weighted by molar-refractivity contribution is 0.0693. The zero-order chi connectivity index (χ0) is 24.1. The van der Waals surface area contributed by atoms with Gasteiger partial charge in [0.1, 0.15) is 24.7 Å². The largest absolute Gasteiger partial charge is 0.488 e. The number of pyridine rings is 1. The molecular weight excluding hydrogens is 450 g/mol. The van der Waals surface area contributed by atoms with E-state index in [1.807, 2.05) is 68.4 Å². The van der Waals surface area contributed by atoms with Gasteiger partial charge in [0.25, 0.3) is 0 Å². The number of rotatable bonds is 8. The fraction of sp³-hybridized carbons (Fsp3) is 0.143. The van der Waals surface area contributed by atoms with Crippen LogP contribution < -0.4 is 9.47 Å². The van der Waals surface area contributed by atoms with E-state index in [1.54, 1.807) is 24.3 Å². The molecule has 0 amide bonds. The Hall–Kier alpha value is -3.83. The Morgan fingerprint density at radius 2 is 1.68 bits per heavy atom. The van der Waals surface area contributed by atoms with Crippen molar-refractivity contribution in [2.75, 3.05) is 0 Å². The number of hydrogen-bond acceptors (Lipinski definition) is 4. The van der Waals surface area contributed by atoms with E-state index < -0.39 is 5.97 Å². The topological polar surface area (TPSA) is 68.7 Å². The number of benzene rings is 3. The maximum absolute atomic E-state index is 11.8. The van der Waals surface area contributed by atoms with E-state index in [4.69, 9.17) is 21.1 Å². The predicted octanol–water partition coefficient (Wildman–Crippen LogP) is 6.88. The molecule has 4 rings (SSSR count). The Morgan fingerprint density at radius 1 is 0.882 bits per heavy atom. The summed E-state index contributed by atoms with van der Waals surface area (Å²) < 4.78 is 11.9. The molecule has 0 atom stereocenters. The van der Waals surface area contributed by atoms with E-state index in [-0.39, 0.29) is 12.2 Å². The first-order chi connectivity index (χ1) is 16.4. The number of aromatic carboxylic acids is 1. The average Bonchev–Trinajstić information content (AvgIpc) is 2.84. The molecular formula is C28H24ClNO4. The maximum atomic E-state index is 11.8. The number of aromatic nitrogens is 1. The number of nitrogens with zero attached hydrogens (tertiary/aromatic N) is 1. The third-order valence-corrected chi connectivity index (χ3v) is 5.75. The molecule has 34 heavy (non-hydrogen) atoms.